The highest BCUT2D eigenvalue weighted by Crippen LogP contribution is 2.38. The number of aromatic nitrogens is 4. The van der Waals surface area contributed by atoms with E-state index >= 15 is 0 Å². The minimum Gasteiger partial charge on any atom is -0.349 e. The van der Waals surface area contributed by atoms with Crippen molar-refractivity contribution in [1.29, 1.82) is 0 Å². The number of nitrogens with zero attached hydrogens (tertiary/aromatic N) is 5. The molecule has 2 heterocycles. The highest BCUT2D eigenvalue weighted by molar-refractivity contribution is 5.94. The fourth-order valence-electron chi connectivity index (χ4n) is 2.78. The zero-order valence-electron chi connectivity index (χ0n) is 14.4. The van der Waals surface area contributed by atoms with Gasteiger partial charge in [0.25, 0.3) is 0 Å². The third-order valence-corrected chi connectivity index (χ3v) is 4.30. The molecule has 1 aliphatic rings. The standard InChI is InChI=1S/C19H18N6O/c1-3-13-5-4-6-15(11-13)20-18(26)12-24(2)17-10-9-16-21-22-19(14-7-8-14)25(16)23-17/h1,4-6,9-11,14H,7-8,12H2,2H3,(H,20,26). The molecule has 1 fully saturated rings. The molecule has 0 aliphatic heterocycles. The summed E-state index contributed by atoms with van der Waals surface area (Å²) in [4.78, 5) is 14.1. The fraction of sp³-hybridized carbons (Fsp3) is 0.263. The number of carbonyl (C=O) groups excluding carboxylic acids is 1. The van der Waals surface area contributed by atoms with Gasteiger partial charge in [-0.05, 0) is 43.2 Å². The molecule has 0 atom stereocenters. The molecule has 7 heteroatoms. The number of hydrogen-bond acceptors (Lipinski definition) is 5. The van der Waals surface area contributed by atoms with Gasteiger partial charge < -0.3 is 10.2 Å². The molecule has 0 spiro atoms. The van der Waals surface area contributed by atoms with E-state index in [0.717, 1.165) is 29.9 Å². The van der Waals surface area contributed by atoms with Crippen LogP contribution in [0.1, 0.15) is 30.1 Å². The molecule has 1 saturated carbocycles. The van der Waals surface area contributed by atoms with Crippen molar-refractivity contribution in [2.45, 2.75) is 18.8 Å². The van der Waals surface area contributed by atoms with Gasteiger partial charge in [-0.1, -0.05) is 12.0 Å². The molecule has 2 aromatic heterocycles. The molecule has 26 heavy (non-hydrogen) atoms. The summed E-state index contributed by atoms with van der Waals surface area (Å²) in [5, 5.41) is 15.8. The van der Waals surface area contributed by atoms with Crippen molar-refractivity contribution in [3.05, 3.63) is 47.8 Å². The van der Waals surface area contributed by atoms with Crippen molar-refractivity contribution in [3.8, 4) is 12.3 Å². The molecule has 130 valence electrons. The number of terminal acetylenes is 1. The van der Waals surface area contributed by atoms with Crippen LogP contribution < -0.4 is 10.2 Å². The monoisotopic (exact) mass is 346 g/mol. The summed E-state index contributed by atoms with van der Waals surface area (Å²) in [5.41, 5.74) is 2.13. The number of rotatable bonds is 5. The zero-order chi connectivity index (χ0) is 18.1. The van der Waals surface area contributed by atoms with E-state index in [4.69, 9.17) is 6.42 Å². The van der Waals surface area contributed by atoms with Crippen LogP contribution in [-0.4, -0.2) is 39.3 Å². The van der Waals surface area contributed by atoms with E-state index in [-0.39, 0.29) is 12.5 Å². The Morgan fingerprint density at radius 1 is 1.35 bits per heavy atom. The Morgan fingerprint density at radius 3 is 2.96 bits per heavy atom. The van der Waals surface area contributed by atoms with Crippen molar-refractivity contribution < 1.29 is 4.79 Å². The largest absolute Gasteiger partial charge is 0.349 e. The molecule has 7 nitrogen and oxygen atoms in total. The van der Waals surface area contributed by atoms with Gasteiger partial charge >= 0.3 is 0 Å². The van der Waals surface area contributed by atoms with Crippen LogP contribution in [0, 0.1) is 12.3 Å². The molecule has 4 rings (SSSR count). The van der Waals surface area contributed by atoms with Crippen LogP contribution in [0.25, 0.3) is 5.65 Å². The molecule has 0 radical (unpaired) electrons. The predicted molar refractivity (Wildman–Crippen MR) is 99.0 cm³/mol. The second kappa shape index (κ2) is 6.48. The SMILES string of the molecule is C#Cc1cccc(NC(=O)CN(C)c2ccc3nnc(C4CC4)n3n2)c1. The average molecular weight is 346 g/mol. The molecule has 0 unspecified atom stereocenters. The first kappa shape index (κ1) is 16.1. The average Bonchev–Trinajstić information content (AvgIpc) is 3.40. The number of amides is 1. The van der Waals surface area contributed by atoms with Gasteiger partial charge in [0.15, 0.2) is 11.5 Å². The van der Waals surface area contributed by atoms with Gasteiger partial charge in [-0.2, -0.15) is 4.52 Å². The lowest BCUT2D eigenvalue weighted by molar-refractivity contribution is -0.114. The Kier molecular flexibility index (Phi) is 4.01. The Morgan fingerprint density at radius 2 is 2.19 bits per heavy atom. The molecule has 0 saturated heterocycles. The molecule has 1 aromatic carbocycles. The summed E-state index contributed by atoms with van der Waals surface area (Å²) < 4.78 is 1.78. The van der Waals surface area contributed by atoms with Crippen molar-refractivity contribution in [3.63, 3.8) is 0 Å². The zero-order valence-corrected chi connectivity index (χ0v) is 14.4. The Bertz CT molecular complexity index is 1010. The van der Waals surface area contributed by atoms with Crippen LogP contribution in [0.15, 0.2) is 36.4 Å². The molecule has 0 bridgehead atoms. The van der Waals surface area contributed by atoms with Gasteiger partial charge in [0, 0.05) is 24.2 Å². The topological polar surface area (TPSA) is 75.4 Å². The molecular formula is C19H18N6O. The van der Waals surface area contributed by atoms with E-state index < -0.39 is 0 Å². The Labute approximate surface area is 151 Å². The maximum Gasteiger partial charge on any atom is 0.243 e. The smallest absolute Gasteiger partial charge is 0.243 e. The van der Waals surface area contributed by atoms with Gasteiger partial charge in [0.1, 0.15) is 5.82 Å². The maximum atomic E-state index is 12.3. The molecular weight excluding hydrogens is 328 g/mol. The van der Waals surface area contributed by atoms with E-state index in [1.807, 2.05) is 37.4 Å². The molecule has 1 amide bonds. The Balaban J connectivity index is 1.47. The third kappa shape index (κ3) is 3.22. The van der Waals surface area contributed by atoms with E-state index in [9.17, 15) is 4.79 Å². The van der Waals surface area contributed by atoms with Gasteiger partial charge in [-0.15, -0.1) is 21.7 Å². The van der Waals surface area contributed by atoms with E-state index in [0.29, 0.717) is 17.4 Å². The quantitative estimate of drug-likeness (QED) is 0.716. The highest BCUT2D eigenvalue weighted by Gasteiger charge is 2.29. The van der Waals surface area contributed by atoms with Crippen molar-refractivity contribution in [1.82, 2.24) is 19.8 Å². The van der Waals surface area contributed by atoms with E-state index in [2.05, 4.69) is 26.5 Å². The summed E-state index contributed by atoms with van der Waals surface area (Å²) >= 11 is 0. The van der Waals surface area contributed by atoms with Gasteiger partial charge in [-0.25, -0.2) is 0 Å². The fourth-order valence-corrected chi connectivity index (χ4v) is 2.78. The van der Waals surface area contributed by atoms with Crippen molar-refractivity contribution in [2.75, 3.05) is 23.8 Å². The van der Waals surface area contributed by atoms with Gasteiger partial charge in [0.2, 0.25) is 5.91 Å². The summed E-state index contributed by atoms with van der Waals surface area (Å²) in [6.45, 7) is 0.166. The van der Waals surface area contributed by atoms with E-state index in [1.54, 1.807) is 15.5 Å². The minimum atomic E-state index is -0.144. The number of nitrogens with one attached hydrogen (secondary N) is 1. The first-order valence-corrected chi connectivity index (χ1v) is 8.44. The normalized spacial score (nSPS) is 13.4. The molecule has 1 N–H and O–H groups in total. The number of anilines is 2. The van der Waals surface area contributed by atoms with Crippen molar-refractivity contribution in [2.24, 2.45) is 0 Å². The first-order chi connectivity index (χ1) is 12.6. The summed E-state index contributed by atoms with van der Waals surface area (Å²) in [6.07, 6.45) is 7.64. The van der Waals surface area contributed by atoms with Crippen LogP contribution in [0.2, 0.25) is 0 Å². The van der Waals surface area contributed by atoms with Gasteiger partial charge in [0.05, 0.1) is 6.54 Å². The Hall–Kier alpha value is -3.40. The highest BCUT2D eigenvalue weighted by atomic mass is 16.2. The third-order valence-electron chi connectivity index (χ3n) is 4.30. The number of fused-ring (bicyclic) bond motifs is 1. The molecule has 3 aromatic rings. The van der Waals surface area contributed by atoms with Crippen LogP contribution >= 0.6 is 0 Å². The number of benzene rings is 1. The lowest BCUT2D eigenvalue weighted by atomic mass is 10.2. The van der Waals surface area contributed by atoms with Gasteiger partial charge in [-0.3, -0.25) is 4.79 Å². The predicted octanol–water partition coefficient (Wildman–Crippen LogP) is 2.06. The summed E-state index contributed by atoms with van der Waals surface area (Å²) in [6, 6.07) is 10.9. The van der Waals surface area contributed by atoms with Crippen LogP contribution in [0.4, 0.5) is 11.5 Å². The van der Waals surface area contributed by atoms with Crippen molar-refractivity contribution >= 4 is 23.1 Å². The minimum absolute atomic E-state index is 0.144. The summed E-state index contributed by atoms with van der Waals surface area (Å²) in [7, 11) is 1.83. The van der Waals surface area contributed by atoms with Crippen LogP contribution in [0.3, 0.4) is 0 Å². The van der Waals surface area contributed by atoms with Crippen LogP contribution in [-0.2, 0) is 4.79 Å². The number of hydrogen-bond donors (Lipinski definition) is 1. The summed E-state index contributed by atoms with van der Waals surface area (Å²) in [5.74, 6) is 4.44. The second-order valence-electron chi connectivity index (χ2n) is 6.42. The van der Waals surface area contributed by atoms with E-state index in [1.165, 1.54) is 0 Å². The number of likely N-dealkylation sites (N-methyl/N-ethyl adjacent to an activating group) is 1. The lowest BCUT2D eigenvalue weighted by Gasteiger charge is -2.17. The number of carbonyl (C=O) groups is 1. The lowest BCUT2D eigenvalue weighted by Crippen LogP contribution is -2.31. The van der Waals surface area contributed by atoms with Crippen LogP contribution in [0.5, 0.6) is 0 Å². The second-order valence-corrected chi connectivity index (χ2v) is 6.42. The first-order valence-electron chi connectivity index (χ1n) is 8.44. The molecule has 1 aliphatic carbocycles. The maximum absolute atomic E-state index is 12.3.